The summed E-state index contributed by atoms with van der Waals surface area (Å²) in [6.07, 6.45) is 6.36. The van der Waals surface area contributed by atoms with E-state index in [1.165, 1.54) is 0 Å². The van der Waals surface area contributed by atoms with Crippen molar-refractivity contribution in [3.05, 3.63) is 108 Å². The molecule has 1 fully saturated rings. The molecule has 0 spiro atoms. The number of hydrogen-bond donors (Lipinski definition) is 3. The molecule has 4 N–H and O–H groups in total. The molecule has 1 aliphatic rings. The molecule has 38 heavy (non-hydrogen) atoms. The molecule has 196 valence electrons. The first-order chi connectivity index (χ1) is 18.7. The average molecular weight is 509 g/mol. The molecule has 1 saturated carbocycles. The summed E-state index contributed by atoms with van der Waals surface area (Å²) in [6, 6.07) is 28.0. The largest absolute Gasteiger partial charge is 0.489 e. The van der Waals surface area contributed by atoms with Gasteiger partial charge in [0.1, 0.15) is 18.2 Å². The Morgan fingerprint density at radius 1 is 0.921 bits per heavy atom. The molecule has 6 nitrogen and oxygen atoms in total. The molecule has 1 aromatic heterocycles. The minimum absolute atomic E-state index is 0.0256. The van der Waals surface area contributed by atoms with E-state index in [9.17, 15) is 4.79 Å². The molecular weight excluding hydrogens is 472 g/mol. The van der Waals surface area contributed by atoms with Crippen LogP contribution in [0.3, 0.4) is 0 Å². The summed E-state index contributed by atoms with van der Waals surface area (Å²) in [5, 5.41) is 3.32. The molecule has 1 unspecified atom stereocenters. The van der Waals surface area contributed by atoms with Crippen molar-refractivity contribution in [3.63, 3.8) is 0 Å². The molecule has 0 aliphatic heterocycles. The number of amides is 1. The summed E-state index contributed by atoms with van der Waals surface area (Å²) in [4.78, 5) is 21.5. The molecule has 1 heterocycles. The Kier molecular flexibility index (Phi) is 8.51. The summed E-state index contributed by atoms with van der Waals surface area (Å²) < 4.78 is 5.95. The quantitative estimate of drug-likeness (QED) is 0.252. The Balaban J connectivity index is 1.29. The van der Waals surface area contributed by atoms with E-state index in [0.717, 1.165) is 59.6 Å². The summed E-state index contributed by atoms with van der Waals surface area (Å²) in [6.45, 7) is 1.23. The highest BCUT2D eigenvalue weighted by atomic mass is 16.5. The maximum Gasteiger partial charge on any atom is 0.223 e. The van der Waals surface area contributed by atoms with Crippen LogP contribution in [0.4, 0.5) is 0 Å². The van der Waals surface area contributed by atoms with Gasteiger partial charge in [0.15, 0.2) is 0 Å². The topological polar surface area (TPSA) is 93.0 Å². The zero-order chi connectivity index (χ0) is 26.2. The van der Waals surface area contributed by atoms with E-state index in [1.54, 1.807) is 0 Å². The molecule has 1 atom stereocenters. The van der Waals surface area contributed by atoms with Crippen molar-refractivity contribution in [2.45, 2.75) is 44.8 Å². The highest BCUT2D eigenvalue weighted by Gasteiger charge is 2.28. The molecule has 1 amide bonds. The van der Waals surface area contributed by atoms with E-state index in [-0.39, 0.29) is 17.9 Å². The number of carbonyl (C=O) groups is 1. The lowest BCUT2D eigenvalue weighted by molar-refractivity contribution is -0.127. The van der Waals surface area contributed by atoms with Gasteiger partial charge in [0.25, 0.3) is 0 Å². The molecule has 4 aromatic rings. The molecular formula is C32H36N4O2. The monoisotopic (exact) mass is 508 g/mol. The van der Waals surface area contributed by atoms with E-state index >= 15 is 0 Å². The number of ether oxygens (including phenoxy) is 1. The number of aromatic nitrogens is 2. The summed E-state index contributed by atoms with van der Waals surface area (Å²) in [5.41, 5.74) is 10.0. The average Bonchev–Trinajstić information content (AvgIpc) is 3.48. The molecule has 1 aliphatic carbocycles. The maximum atomic E-state index is 13.3. The number of benzene rings is 3. The Morgan fingerprint density at radius 2 is 1.61 bits per heavy atom. The van der Waals surface area contributed by atoms with E-state index in [2.05, 4.69) is 34.6 Å². The first-order valence-electron chi connectivity index (χ1n) is 13.5. The van der Waals surface area contributed by atoms with E-state index in [4.69, 9.17) is 15.5 Å². The number of rotatable bonds is 10. The van der Waals surface area contributed by atoms with Crippen LogP contribution in [0.2, 0.25) is 0 Å². The molecule has 0 radical (unpaired) electrons. The zero-order valence-corrected chi connectivity index (χ0v) is 21.7. The van der Waals surface area contributed by atoms with Crippen LogP contribution in [0.25, 0.3) is 11.3 Å². The third kappa shape index (κ3) is 6.69. The van der Waals surface area contributed by atoms with Crippen LogP contribution in [0.1, 0.15) is 48.7 Å². The van der Waals surface area contributed by atoms with Gasteiger partial charge in [0.05, 0.1) is 11.7 Å². The van der Waals surface area contributed by atoms with Gasteiger partial charge in [0.2, 0.25) is 5.91 Å². The first-order valence-corrected chi connectivity index (χ1v) is 13.5. The Hall–Kier alpha value is -3.90. The minimum Gasteiger partial charge on any atom is -0.489 e. The van der Waals surface area contributed by atoms with Crippen LogP contribution in [0, 0.1) is 11.8 Å². The fourth-order valence-electron chi connectivity index (χ4n) is 5.14. The molecule has 0 bridgehead atoms. The smallest absolute Gasteiger partial charge is 0.223 e. The van der Waals surface area contributed by atoms with Crippen LogP contribution in [-0.2, 0) is 17.8 Å². The van der Waals surface area contributed by atoms with E-state index in [1.807, 2.05) is 66.9 Å². The van der Waals surface area contributed by atoms with Crippen LogP contribution in [-0.4, -0.2) is 22.4 Å². The Labute approximate surface area is 224 Å². The number of H-pyrrole nitrogens is 1. The van der Waals surface area contributed by atoms with Crippen molar-refractivity contribution >= 4 is 5.91 Å². The van der Waals surface area contributed by atoms with Gasteiger partial charge in [-0.3, -0.25) is 4.79 Å². The number of aromatic amines is 1. The van der Waals surface area contributed by atoms with Crippen molar-refractivity contribution in [1.29, 1.82) is 0 Å². The van der Waals surface area contributed by atoms with Gasteiger partial charge in [-0.25, -0.2) is 4.98 Å². The summed E-state index contributed by atoms with van der Waals surface area (Å²) in [7, 11) is 0. The second-order valence-electron chi connectivity index (χ2n) is 10.2. The Morgan fingerprint density at radius 3 is 2.29 bits per heavy atom. The van der Waals surface area contributed by atoms with Crippen LogP contribution in [0.5, 0.6) is 5.75 Å². The number of hydrogen-bond acceptors (Lipinski definition) is 4. The third-order valence-corrected chi connectivity index (χ3v) is 7.48. The first kappa shape index (κ1) is 25.7. The summed E-state index contributed by atoms with van der Waals surface area (Å²) >= 11 is 0. The van der Waals surface area contributed by atoms with Gasteiger partial charge >= 0.3 is 0 Å². The van der Waals surface area contributed by atoms with Gasteiger partial charge in [-0.2, -0.15) is 0 Å². The molecule has 6 heteroatoms. The summed E-state index contributed by atoms with van der Waals surface area (Å²) in [5.74, 6) is 2.25. The van der Waals surface area contributed by atoms with Crippen molar-refractivity contribution in [1.82, 2.24) is 15.3 Å². The van der Waals surface area contributed by atoms with Crippen molar-refractivity contribution in [2.24, 2.45) is 17.6 Å². The van der Waals surface area contributed by atoms with Crippen molar-refractivity contribution < 1.29 is 9.53 Å². The van der Waals surface area contributed by atoms with Crippen molar-refractivity contribution in [3.8, 4) is 17.0 Å². The van der Waals surface area contributed by atoms with Gasteiger partial charge in [-0.05, 0) is 67.8 Å². The highest BCUT2D eigenvalue weighted by molar-refractivity contribution is 5.79. The standard InChI is InChI=1S/C32H36N4O2/c33-20-24-11-15-27(16-12-24)32(37)36-29(31-34-21-30(35-31)26-9-5-2-6-10-26)19-23-13-17-28(18-14-23)38-22-25-7-3-1-4-8-25/h1-10,13-14,17-18,21,24,27,29H,11-12,15-16,19-20,22,33H2,(H,34,35)(H,36,37)/t24-,27-,29?. The third-order valence-electron chi connectivity index (χ3n) is 7.48. The van der Waals surface area contributed by atoms with Gasteiger partial charge in [-0.15, -0.1) is 0 Å². The zero-order valence-electron chi connectivity index (χ0n) is 21.7. The number of nitrogens with two attached hydrogens (primary N) is 1. The van der Waals surface area contributed by atoms with E-state index in [0.29, 0.717) is 25.5 Å². The SMILES string of the molecule is NC[C@H]1CC[C@H](C(=O)NC(Cc2ccc(OCc3ccccc3)cc2)c2nc(-c3ccccc3)c[nH]2)CC1. The minimum atomic E-state index is -0.261. The Bertz CT molecular complexity index is 1280. The number of nitrogens with zero attached hydrogens (tertiary/aromatic N) is 1. The van der Waals surface area contributed by atoms with Crippen molar-refractivity contribution in [2.75, 3.05) is 6.54 Å². The lowest BCUT2D eigenvalue weighted by Gasteiger charge is -2.28. The second-order valence-corrected chi connectivity index (χ2v) is 10.2. The lowest BCUT2D eigenvalue weighted by Crippen LogP contribution is -2.37. The number of imidazole rings is 1. The number of nitrogens with one attached hydrogen (secondary N) is 2. The van der Waals surface area contributed by atoms with E-state index < -0.39 is 0 Å². The second kappa shape index (κ2) is 12.6. The molecule has 0 saturated heterocycles. The van der Waals surface area contributed by atoms with Crippen LogP contribution in [0.15, 0.2) is 91.1 Å². The molecule has 3 aromatic carbocycles. The highest BCUT2D eigenvalue weighted by Crippen LogP contribution is 2.30. The normalized spacial score (nSPS) is 18.0. The van der Waals surface area contributed by atoms with Crippen LogP contribution < -0.4 is 15.8 Å². The van der Waals surface area contributed by atoms with Crippen LogP contribution >= 0.6 is 0 Å². The molecule has 5 rings (SSSR count). The fourth-order valence-corrected chi connectivity index (χ4v) is 5.14. The fraction of sp³-hybridized carbons (Fsp3) is 0.312. The number of carbonyl (C=O) groups excluding carboxylic acids is 1. The van der Waals surface area contributed by atoms with Gasteiger partial charge in [0, 0.05) is 17.7 Å². The van der Waals surface area contributed by atoms with Gasteiger partial charge in [-0.1, -0.05) is 72.8 Å². The predicted molar refractivity (Wildman–Crippen MR) is 150 cm³/mol. The lowest BCUT2D eigenvalue weighted by atomic mass is 9.81. The maximum absolute atomic E-state index is 13.3. The van der Waals surface area contributed by atoms with Gasteiger partial charge < -0.3 is 20.8 Å². The predicted octanol–water partition coefficient (Wildman–Crippen LogP) is 5.82.